The molecule has 0 saturated heterocycles. The van der Waals surface area contributed by atoms with Crippen molar-refractivity contribution >= 4 is 28.8 Å². The van der Waals surface area contributed by atoms with Gasteiger partial charge in [-0.25, -0.2) is 4.98 Å². The van der Waals surface area contributed by atoms with Crippen molar-refractivity contribution in [3.63, 3.8) is 0 Å². The maximum Gasteiger partial charge on any atom is 0.329 e. The van der Waals surface area contributed by atoms with E-state index in [0.717, 1.165) is 6.20 Å². The lowest BCUT2D eigenvalue weighted by Crippen LogP contribution is -2.02. The van der Waals surface area contributed by atoms with Gasteiger partial charge in [-0.15, -0.1) is 0 Å². The third-order valence-electron chi connectivity index (χ3n) is 2.86. The number of anilines is 2. The first-order chi connectivity index (χ1) is 11.0. The summed E-state index contributed by atoms with van der Waals surface area (Å²) < 4.78 is 15.7. The molecule has 9 nitrogen and oxygen atoms in total. The van der Waals surface area contributed by atoms with Crippen molar-refractivity contribution in [3.8, 4) is 17.2 Å². The highest BCUT2D eigenvalue weighted by molar-refractivity contribution is 6.28. The summed E-state index contributed by atoms with van der Waals surface area (Å²) in [6, 6.07) is 3.17. The average Bonchev–Trinajstić information content (AvgIpc) is 2.53. The molecule has 23 heavy (non-hydrogen) atoms. The van der Waals surface area contributed by atoms with Gasteiger partial charge in [0.2, 0.25) is 16.9 Å². The number of ether oxygens (including phenoxy) is 3. The van der Waals surface area contributed by atoms with Crippen LogP contribution in [0.25, 0.3) is 0 Å². The zero-order valence-corrected chi connectivity index (χ0v) is 13.2. The number of halogens is 1. The van der Waals surface area contributed by atoms with Crippen LogP contribution < -0.4 is 19.5 Å². The Morgan fingerprint density at radius 2 is 1.78 bits per heavy atom. The molecule has 10 heteroatoms. The van der Waals surface area contributed by atoms with Crippen LogP contribution in [-0.2, 0) is 0 Å². The second-order valence-electron chi connectivity index (χ2n) is 4.17. The maximum atomic E-state index is 11.0. The predicted octanol–water partition coefficient (Wildman–Crippen LogP) is 2.81. The van der Waals surface area contributed by atoms with Crippen LogP contribution in [0.2, 0.25) is 5.28 Å². The van der Waals surface area contributed by atoms with Gasteiger partial charge in [-0.3, -0.25) is 10.1 Å². The fourth-order valence-corrected chi connectivity index (χ4v) is 2.00. The molecule has 0 amide bonds. The molecule has 1 heterocycles. The summed E-state index contributed by atoms with van der Waals surface area (Å²) in [7, 11) is 4.40. The Morgan fingerprint density at radius 1 is 1.17 bits per heavy atom. The van der Waals surface area contributed by atoms with Crippen LogP contribution in [0.4, 0.5) is 17.2 Å². The molecule has 0 atom stereocenters. The third-order valence-corrected chi connectivity index (χ3v) is 3.05. The highest BCUT2D eigenvalue weighted by Crippen LogP contribution is 2.41. The molecule has 0 saturated carbocycles. The lowest BCUT2D eigenvalue weighted by atomic mass is 10.2. The number of nitrogens with zero attached hydrogens (tertiary/aromatic N) is 3. The smallest absolute Gasteiger partial charge is 0.329 e. The molecule has 1 aromatic heterocycles. The van der Waals surface area contributed by atoms with E-state index in [1.54, 1.807) is 12.1 Å². The van der Waals surface area contributed by atoms with Gasteiger partial charge < -0.3 is 19.5 Å². The van der Waals surface area contributed by atoms with Gasteiger partial charge in [0.15, 0.2) is 11.5 Å². The molecular weight excluding hydrogens is 328 g/mol. The Hall–Kier alpha value is -2.81. The molecule has 2 aromatic rings. The van der Waals surface area contributed by atoms with Gasteiger partial charge in [0.1, 0.15) is 6.20 Å². The number of aromatic nitrogens is 2. The molecule has 0 bridgehead atoms. The van der Waals surface area contributed by atoms with Gasteiger partial charge in [0.25, 0.3) is 0 Å². The van der Waals surface area contributed by atoms with Gasteiger partial charge >= 0.3 is 5.69 Å². The van der Waals surface area contributed by atoms with Crippen molar-refractivity contribution in [3.05, 3.63) is 33.7 Å². The van der Waals surface area contributed by atoms with E-state index in [2.05, 4.69) is 15.3 Å². The molecule has 0 fully saturated rings. The summed E-state index contributed by atoms with van der Waals surface area (Å²) in [6.07, 6.45) is 1.02. The van der Waals surface area contributed by atoms with Gasteiger partial charge in [0, 0.05) is 17.8 Å². The molecule has 0 aliphatic carbocycles. The number of nitrogens with one attached hydrogen (secondary N) is 1. The second-order valence-corrected chi connectivity index (χ2v) is 4.51. The number of hydrogen-bond acceptors (Lipinski definition) is 8. The number of benzene rings is 1. The van der Waals surface area contributed by atoms with Crippen LogP contribution in [0.15, 0.2) is 18.3 Å². The Kier molecular flexibility index (Phi) is 5.02. The molecular formula is C13H13ClN4O5. The van der Waals surface area contributed by atoms with Crippen molar-refractivity contribution in [2.75, 3.05) is 26.6 Å². The molecule has 0 aliphatic rings. The van der Waals surface area contributed by atoms with E-state index < -0.39 is 4.92 Å². The quantitative estimate of drug-likeness (QED) is 0.485. The van der Waals surface area contributed by atoms with Crippen molar-refractivity contribution < 1.29 is 19.1 Å². The van der Waals surface area contributed by atoms with Crippen LogP contribution in [-0.4, -0.2) is 36.2 Å². The number of methoxy groups -OCH3 is 3. The molecule has 0 unspecified atom stereocenters. The summed E-state index contributed by atoms with van der Waals surface area (Å²) in [4.78, 5) is 17.9. The lowest BCUT2D eigenvalue weighted by molar-refractivity contribution is -0.384. The van der Waals surface area contributed by atoms with Crippen LogP contribution in [0.5, 0.6) is 17.2 Å². The van der Waals surface area contributed by atoms with Crippen molar-refractivity contribution in [2.45, 2.75) is 0 Å². The van der Waals surface area contributed by atoms with E-state index in [4.69, 9.17) is 25.8 Å². The molecule has 0 radical (unpaired) electrons. The molecule has 1 N–H and O–H groups in total. The van der Waals surface area contributed by atoms with E-state index in [1.165, 1.54) is 21.3 Å². The fraction of sp³-hybridized carbons (Fsp3) is 0.231. The van der Waals surface area contributed by atoms with Gasteiger partial charge in [-0.05, 0) is 11.6 Å². The van der Waals surface area contributed by atoms with Gasteiger partial charge in [0.05, 0.1) is 26.3 Å². The molecule has 122 valence electrons. The highest BCUT2D eigenvalue weighted by atomic mass is 35.5. The topological polar surface area (TPSA) is 109 Å². The summed E-state index contributed by atoms with van der Waals surface area (Å²) in [5.74, 6) is 1.12. The molecule has 0 spiro atoms. The number of nitro groups is 1. The molecule has 1 aromatic carbocycles. The number of hydrogen-bond donors (Lipinski definition) is 1. The van der Waals surface area contributed by atoms with E-state index in [-0.39, 0.29) is 16.8 Å². The van der Waals surface area contributed by atoms with E-state index in [9.17, 15) is 10.1 Å². The standard InChI is InChI=1S/C13H13ClN4O5/c1-21-9-4-7(5-10(22-2)11(9)23-3)16-12-8(18(19)20)6-15-13(14)17-12/h4-6H,1-3H3,(H,15,16,17). The van der Waals surface area contributed by atoms with Crippen molar-refractivity contribution in [1.82, 2.24) is 9.97 Å². The lowest BCUT2D eigenvalue weighted by Gasteiger charge is -2.14. The molecule has 0 aliphatic heterocycles. The summed E-state index contributed by atoms with van der Waals surface area (Å²) in [5.41, 5.74) is 0.125. The first-order valence-electron chi connectivity index (χ1n) is 6.24. The van der Waals surface area contributed by atoms with E-state index >= 15 is 0 Å². The summed E-state index contributed by atoms with van der Waals surface area (Å²) in [5, 5.41) is 13.7. The van der Waals surface area contributed by atoms with Gasteiger partial charge in [-0.2, -0.15) is 4.98 Å². The van der Waals surface area contributed by atoms with Crippen molar-refractivity contribution in [2.24, 2.45) is 0 Å². The van der Waals surface area contributed by atoms with Crippen LogP contribution in [0, 0.1) is 10.1 Å². The van der Waals surface area contributed by atoms with E-state index in [0.29, 0.717) is 22.9 Å². The number of rotatable bonds is 6. The summed E-state index contributed by atoms with van der Waals surface area (Å²) >= 11 is 5.70. The Bertz CT molecular complexity index is 715. The third kappa shape index (κ3) is 3.51. The first-order valence-corrected chi connectivity index (χ1v) is 6.62. The minimum Gasteiger partial charge on any atom is -0.493 e. The predicted molar refractivity (Wildman–Crippen MR) is 83.1 cm³/mol. The Balaban J connectivity index is 2.48. The Labute approximate surface area is 136 Å². The van der Waals surface area contributed by atoms with Crippen molar-refractivity contribution in [1.29, 1.82) is 0 Å². The fourth-order valence-electron chi connectivity index (χ4n) is 1.87. The largest absolute Gasteiger partial charge is 0.493 e. The average molecular weight is 341 g/mol. The second kappa shape index (κ2) is 6.97. The first kappa shape index (κ1) is 16.6. The Morgan fingerprint density at radius 3 is 2.26 bits per heavy atom. The van der Waals surface area contributed by atoms with Crippen LogP contribution >= 0.6 is 11.6 Å². The molecule has 2 rings (SSSR count). The van der Waals surface area contributed by atoms with Crippen LogP contribution in [0.3, 0.4) is 0 Å². The normalized spacial score (nSPS) is 10.1. The maximum absolute atomic E-state index is 11.0. The zero-order chi connectivity index (χ0) is 17.0. The SMILES string of the molecule is COc1cc(Nc2nc(Cl)ncc2[N+](=O)[O-])cc(OC)c1OC. The van der Waals surface area contributed by atoms with E-state index in [1.807, 2.05) is 0 Å². The highest BCUT2D eigenvalue weighted by Gasteiger charge is 2.19. The summed E-state index contributed by atoms with van der Waals surface area (Å²) in [6.45, 7) is 0. The van der Waals surface area contributed by atoms with Gasteiger partial charge in [-0.1, -0.05) is 0 Å². The van der Waals surface area contributed by atoms with Crippen LogP contribution in [0.1, 0.15) is 0 Å². The minimum atomic E-state index is -0.614. The monoisotopic (exact) mass is 340 g/mol. The zero-order valence-electron chi connectivity index (χ0n) is 12.5. The minimum absolute atomic E-state index is 0.0516.